The van der Waals surface area contributed by atoms with Gasteiger partial charge in [0.1, 0.15) is 11.8 Å². The van der Waals surface area contributed by atoms with Gasteiger partial charge in [0.25, 0.3) is 0 Å². The first-order valence-corrected chi connectivity index (χ1v) is 4.11. The predicted molar refractivity (Wildman–Crippen MR) is 46.1 cm³/mol. The zero-order valence-electron chi connectivity index (χ0n) is 5.78. The molecule has 0 amide bonds. The van der Waals surface area contributed by atoms with E-state index in [0.717, 1.165) is 10.3 Å². The van der Waals surface area contributed by atoms with E-state index in [4.69, 9.17) is 4.42 Å². The van der Waals surface area contributed by atoms with E-state index >= 15 is 0 Å². The van der Waals surface area contributed by atoms with Gasteiger partial charge < -0.3 is 8.79 Å². The fourth-order valence-corrected chi connectivity index (χ4v) is 1.48. The summed E-state index contributed by atoms with van der Waals surface area (Å²) in [4.78, 5) is 0. The second-order valence-corrected chi connectivity index (χ2v) is 2.97. The van der Waals surface area contributed by atoms with Crippen LogP contribution in [0, 0.1) is 0 Å². The normalized spacial score (nSPS) is 9.82. The number of para-hydroxylation sites is 1. The van der Waals surface area contributed by atoms with Gasteiger partial charge >= 0.3 is 0 Å². The summed E-state index contributed by atoms with van der Waals surface area (Å²) >= 11 is 1.55. The first-order chi connectivity index (χ1) is 5.47. The molecule has 56 valence electrons. The minimum absolute atomic E-state index is 0.902. The lowest BCUT2D eigenvalue weighted by atomic mass is 10.4. The van der Waals surface area contributed by atoms with E-state index in [9.17, 15) is 0 Å². The minimum Gasteiger partial charge on any atom is -0.462 e. The molecule has 0 bridgehead atoms. The summed E-state index contributed by atoms with van der Waals surface area (Å²) in [6.45, 7) is 0. The first-order valence-electron chi connectivity index (χ1n) is 3.30. The highest BCUT2D eigenvalue weighted by atomic mass is 32.1. The third kappa shape index (κ3) is 1.28. The summed E-state index contributed by atoms with van der Waals surface area (Å²) in [5.41, 5.74) is 0.902. The van der Waals surface area contributed by atoms with E-state index in [1.165, 1.54) is 0 Å². The van der Waals surface area contributed by atoms with Crippen LogP contribution >= 0.6 is 11.5 Å². The highest BCUT2D eigenvalue weighted by molar-refractivity contribution is 7.12. The largest absolute Gasteiger partial charge is 0.462 e. The van der Waals surface area contributed by atoms with Crippen LogP contribution in [0.4, 0.5) is 0 Å². The van der Waals surface area contributed by atoms with Crippen LogP contribution in [0.3, 0.4) is 0 Å². The van der Waals surface area contributed by atoms with E-state index in [1.54, 1.807) is 24.0 Å². The minimum atomic E-state index is 0.902. The molecule has 2 aromatic rings. The molecule has 0 aliphatic heterocycles. The van der Waals surface area contributed by atoms with Gasteiger partial charge in [-0.1, -0.05) is 23.7 Å². The predicted octanol–water partition coefficient (Wildman–Crippen LogP) is 2.95. The number of aromatic nitrogens is 1. The van der Waals surface area contributed by atoms with Crippen molar-refractivity contribution in [2.45, 2.75) is 0 Å². The van der Waals surface area contributed by atoms with Gasteiger partial charge in [0, 0.05) is 6.20 Å². The number of hydrogen-bond acceptors (Lipinski definition) is 2. The number of benzene rings is 1. The van der Waals surface area contributed by atoms with Crippen LogP contribution in [0.15, 0.2) is 41.1 Å². The standard InChI is InChI=1S/C8H7NOS/c1-2-4-8-7(3-1)10-6-5-9-11-8/h1-6,9H. The maximum absolute atomic E-state index is 5.28. The maximum atomic E-state index is 5.28. The van der Waals surface area contributed by atoms with Gasteiger partial charge in [0.2, 0.25) is 0 Å². The number of nitrogens with one attached hydrogen (secondary N) is 1. The van der Waals surface area contributed by atoms with Crippen LogP contribution in [0.1, 0.15) is 0 Å². The number of fused-ring (bicyclic) bond motifs is 1. The molecule has 0 atom stereocenters. The molecule has 0 spiro atoms. The molecular weight excluding hydrogens is 158 g/mol. The summed E-state index contributed by atoms with van der Waals surface area (Å²) in [5, 5.41) is 0. The number of hydrogen-bond donors (Lipinski definition) is 1. The number of H-pyrrole nitrogens is 1. The highest BCUT2D eigenvalue weighted by Crippen LogP contribution is 2.13. The Morgan fingerprint density at radius 3 is 3.18 bits per heavy atom. The molecule has 2 nitrogen and oxygen atoms in total. The van der Waals surface area contributed by atoms with Gasteiger partial charge in [-0.3, -0.25) is 0 Å². The Bertz CT molecular complexity index is 348. The van der Waals surface area contributed by atoms with Crippen molar-refractivity contribution in [1.29, 1.82) is 0 Å². The second-order valence-electron chi connectivity index (χ2n) is 2.09. The molecule has 1 aromatic carbocycles. The third-order valence-corrected chi connectivity index (χ3v) is 2.16. The molecule has 0 unspecified atom stereocenters. The molecule has 1 heterocycles. The molecule has 2 rings (SSSR count). The quantitative estimate of drug-likeness (QED) is 0.638. The van der Waals surface area contributed by atoms with Crippen molar-refractivity contribution in [3.05, 3.63) is 36.7 Å². The zero-order valence-corrected chi connectivity index (χ0v) is 6.60. The Morgan fingerprint density at radius 1 is 1.27 bits per heavy atom. The van der Waals surface area contributed by atoms with Crippen LogP contribution in [0.2, 0.25) is 0 Å². The molecule has 0 radical (unpaired) electrons. The topological polar surface area (TPSA) is 28.9 Å². The summed E-state index contributed by atoms with van der Waals surface area (Å²) in [7, 11) is 0. The average Bonchev–Trinajstić information content (AvgIpc) is 2.28. The van der Waals surface area contributed by atoms with E-state index in [-0.39, 0.29) is 0 Å². The van der Waals surface area contributed by atoms with Crippen LogP contribution < -0.4 is 0 Å². The van der Waals surface area contributed by atoms with Crippen molar-refractivity contribution in [3.63, 3.8) is 0 Å². The fourth-order valence-electron chi connectivity index (χ4n) is 0.864. The van der Waals surface area contributed by atoms with Gasteiger partial charge in [-0.05, 0) is 12.1 Å². The van der Waals surface area contributed by atoms with E-state index in [1.807, 2.05) is 24.3 Å². The van der Waals surface area contributed by atoms with Crippen molar-refractivity contribution >= 4 is 21.8 Å². The average molecular weight is 165 g/mol. The SMILES string of the molecule is c1ccc2s[nH]ccoc2c1. The van der Waals surface area contributed by atoms with E-state index < -0.39 is 0 Å². The van der Waals surface area contributed by atoms with Gasteiger partial charge in [-0.25, -0.2) is 0 Å². The molecule has 1 N–H and O–H groups in total. The summed E-state index contributed by atoms with van der Waals surface area (Å²) < 4.78 is 9.41. The molecule has 0 saturated heterocycles. The van der Waals surface area contributed by atoms with Crippen molar-refractivity contribution in [2.75, 3.05) is 0 Å². The van der Waals surface area contributed by atoms with Crippen LogP contribution in [-0.4, -0.2) is 4.37 Å². The number of rotatable bonds is 0. The highest BCUT2D eigenvalue weighted by Gasteiger charge is 1.88. The van der Waals surface area contributed by atoms with Crippen molar-refractivity contribution < 1.29 is 4.42 Å². The Kier molecular flexibility index (Phi) is 1.65. The lowest BCUT2D eigenvalue weighted by molar-refractivity contribution is 0.606. The van der Waals surface area contributed by atoms with Crippen LogP contribution in [-0.2, 0) is 0 Å². The molecule has 0 fully saturated rings. The molecule has 0 aliphatic rings. The Hall–Kier alpha value is -1.22. The van der Waals surface area contributed by atoms with Gasteiger partial charge in [0.05, 0.1) is 4.70 Å². The van der Waals surface area contributed by atoms with E-state index in [2.05, 4.69) is 4.37 Å². The monoisotopic (exact) mass is 165 g/mol. The molecule has 11 heavy (non-hydrogen) atoms. The van der Waals surface area contributed by atoms with Crippen molar-refractivity contribution in [2.24, 2.45) is 0 Å². The Labute approximate surface area is 67.9 Å². The Balaban J connectivity index is 2.90. The number of aromatic amines is 1. The molecule has 0 aliphatic carbocycles. The Morgan fingerprint density at radius 2 is 2.18 bits per heavy atom. The summed E-state index contributed by atoms with van der Waals surface area (Å²) in [6, 6.07) is 7.90. The molecule has 3 heteroatoms. The van der Waals surface area contributed by atoms with Crippen LogP contribution in [0.25, 0.3) is 10.3 Å². The first kappa shape index (κ1) is 6.49. The lowest BCUT2D eigenvalue weighted by Crippen LogP contribution is -1.60. The van der Waals surface area contributed by atoms with Crippen LogP contribution in [0.5, 0.6) is 0 Å². The lowest BCUT2D eigenvalue weighted by Gasteiger charge is -1.85. The zero-order chi connectivity index (χ0) is 7.52. The summed E-state index contributed by atoms with van der Waals surface area (Å²) in [5.74, 6) is 0. The molecule has 1 aromatic heterocycles. The smallest absolute Gasteiger partial charge is 0.145 e. The third-order valence-electron chi connectivity index (χ3n) is 1.35. The maximum Gasteiger partial charge on any atom is 0.145 e. The fraction of sp³-hybridized carbons (Fsp3) is 0. The van der Waals surface area contributed by atoms with Gasteiger partial charge in [-0.15, -0.1) is 0 Å². The van der Waals surface area contributed by atoms with E-state index in [0.29, 0.717) is 0 Å². The van der Waals surface area contributed by atoms with Crippen molar-refractivity contribution in [3.8, 4) is 0 Å². The van der Waals surface area contributed by atoms with Crippen molar-refractivity contribution in [1.82, 2.24) is 4.37 Å². The molecule has 0 saturated carbocycles. The summed E-state index contributed by atoms with van der Waals surface area (Å²) in [6.07, 6.45) is 3.41. The van der Waals surface area contributed by atoms with Gasteiger partial charge in [0.15, 0.2) is 0 Å². The second kappa shape index (κ2) is 2.80. The molecular formula is C8H7NOS. The van der Waals surface area contributed by atoms with Gasteiger partial charge in [-0.2, -0.15) is 0 Å².